The maximum absolute atomic E-state index is 13.2. The first kappa shape index (κ1) is 20.8. The van der Waals surface area contributed by atoms with E-state index in [2.05, 4.69) is 11.4 Å². The molecule has 3 fully saturated rings. The molecule has 2 aliphatic carbocycles. The Bertz CT molecular complexity index is 962. The first-order valence-electron chi connectivity index (χ1n) is 10.2. The van der Waals surface area contributed by atoms with Crippen LogP contribution in [0.5, 0.6) is 0 Å². The van der Waals surface area contributed by atoms with Crippen LogP contribution in [0.2, 0.25) is 0 Å². The Balaban J connectivity index is 1.59. The van der Waals surface area contributed by atoms with E-state index in [1.54, 1.807) is 23.1 Å². The van der Waals surface area contributed by atoms with Crippen LogP contribution in [0, 0.1) is 23.2 Å². The highest BCUT2D eigenvalue weighted by Crippen LogP contribution is 2.41. The molecule has 160 valence electrons. The fraction of sp³-hybridized carbons (Fsp3) is 0.571. The second-order valence-corrected chi connectivity index (χ2v) is 10.5. The van der Waals surface area contributed by atoms with Crippen LogP contribution in [0.3, 0.4) is 0 Å². The third-order valence-corrected chi connectivity index (χ3v) is 8.52. The molecule has 0 unspecified atom stereocenters. The lowest BCUT2D eigenvalue weighted by Gasteiger charge is -2.31. The number of morpholine rings is 1. The van der Waals surface area contributed by atoms with E-state index in [0.717, 1.165) is 0 Å². The highest BCUT2D eigenvalue weighted by molar-refractivity contribution is 7.92. The number of nitrogens with one attached hydrogen (secondary N) is 1. The molecule has 2 amide bonds. The van der Waals surface area contributed by atoms with Crippen LogP contribution in [0.15, 0.2) is 35.2 Å². The van der Waals surface area contributed by atoms with Crippen LogP contribution in [-0.2, 0) is 24.2 Å². The van der Waals surface area contributed by atoms with Gasteiger partial charge in [-0.2, -0.15) is 5.26 Å². The molecule has 1 heterocycles. The lowest BCUT2D eigenvalue weighted by atomic mass is 9.93. The molecule has 9 heteroatoms. The predicted octanol–water partition coefficient (Wildman–Crippen LogP) is 0.886. The molecular weight excluding hydrogens is 406 g/mol. The summed E-state index contributed by atoms with van der Waals surface area (Å²) in [5, 5.41) is 11.3. The van der Waals surface area contributed by atoms with Gasteiger partial charge >= 0.3 is 0 Å². The van der Waals surface area contributed by atoms with Crippen LogP contribution in [0.1, 0.15) is 25.7 Å². The van der Waals surface area contributed by atoms with Gasteiger partial charge in [0.2, 0.25) is 11.8 Å². The normalized spacial score (nSPS) is 27.8. The van der Waals surface area contributed by atoms with Crippen molar-refractivity contribution in [2.45, 2.75) is 41.4 Å². The van der Waals surface area contributed by atoms with Crippen LogP contribution in [-0.4, -0.2) is 62.2 Å². The van der Waals surface area contributed by atoms with Gasteiger partial charge in [0.15, 0.2) is 9.84 Å². The van der Waals surface area contributed by atoms with Gasteiger partial charge in [-0.3, -0.25) is 9.59 Å². The molecule has 1 N–H and O–H groups in total. The van der Waals surface area contributed by atoms with E-state index in [0.29, 0.717) is 39.1 Å². The van der Waals surface area contributed by atoms with Crippen molar-refractivity contribution in [1.29, 1.82) is 5.26 Å². The minimum absolute atomic E-state index is 0.0747. The first-order chi connectivity index (χ1) is 14.4. The number of ether oxygens (including phenoxy) is 1. The fourth-order valence-electron chi connectivity index (χ4n) is 4.35. The van der Waals surface area contributed by atoms with Crippen molar-refractivity contribution in [2.75, 3.05) is 26.3 Å². The molecule has 1 aromatic carbocycles. The minimum atomic E-state index is -3.68. The Morgan fingerprint density at radius 3 is 2.33 bits per heavy atom. The first-order valence-corrected chi connectivity index (χ1v) is 11.8. The summed E-state index contributed by atoms with van der Waals surface area (Å²) in [6.07, 6.45) is 1.34. The number of nitrogens with zero attached hydrogens (tertiary/aromatic N) is 2. The van der Waals surface area contributed by atoms with Gasteiger partial charge < -0.3 is 15.0 Å². The number of rotatable bonds is 5. The van der Waals surface area contributed by atoms with Crippen LogP contribution >= 0.6 is 0 Å². The molecule has 0 spiro atoms. The molecule has 0 aromatic heterocycles. The molecule has 1 aromatic rings. The Labute approximate surface area is 176 Å². The van der Waals surface area contributed by atoms with E-state index in [1.165, 1.54) is 12.1 Å². The summed E-state index contributed by atoms with van der Waals surface area (Å²) in [4.78, 5) is 28.1. The molecule has 8 nitrogen and oxygen atoms in total. The molecule has 1 saturated heterocycles. The van der Waals surface area contributed by atoms with Crippen molar-refractivity contribution in [1.82, 2.24) is 10.2 Å². The largest absolute Gasteiger partial charge is 0.378 e. The highest BCUT2D eigenvalue weighted by atomic mass is 32.2. The quantitative estimate of drug-likeness (QED) is 0.740. The minimum Gasteiger partial charge on any atom is -0.378 e. The zero-order valence-corrected chi connectivity index (χ0v) is 17.4. The number of hydrogen-bond acceptors (Lipinski definition) is 6. The maximum atomic E-state index is 13.2. The van der Waals surface area contributed by atoms with Crippen LogP contribution in [0.25, 0.3) is 0 Å². The molecule has 3 aliphatic rings. The summed E-state index contributed by atoms with van der Waals surface area (Å²) < 4.78 is 31.6. The predicted molar refractivity (Wildman–Crippen MR) is 107 cm³/mol. The zero-order valence-electron chi connectivity index (χ0n) is 16.6. The van der Waals surface area contributed by atoms with Gasteiger partial charge in [-0.25, -0.2) is 8.42 Å². The number of carbonyl (C=O) groups is 2. The van der Waals surface area contributed by atoms with Gasteiger partial charge in [0.1, 0.15) is 5.54 Å². The summed E-state index contributed by atoms with van der Waals surface area (Å²) in [5.74, 6) is -2.09. The van der Waals surface area contributed by atoms with E-state index in [4.69, 9.17) is 4.74 Å². The highest BCUT2D eigenvalue weighted by Gasteiger charge is 2.52. The standard InChI is InChI=1S/C21H25N3O5S/c22-14-21(6-7-21)23-19(25)17-12-16(30(27,28)15-4-2-1-3-5-15)13-18(17)20(26)24-8-10-29-11-9-24/h1-5,16-18H,6-13H2,(H,23,25)/t16-,17-,18-/m1/s1. The van der Waals surface area contributed by atoms with Gasteiger partial charge in [0.25, 0.3) is 0 Å². The Kier molecular flexibility index (Phi) is 5.55. The van der Waals surface area contributed by atoms with E-state index < -0.39 is 38.4 Å². The summed E-state index contributed by atoms with van der Waals surface area (Å²) in [5.41, 5.74) is -0.861. The van der Waals surface area contributed by atoms with Crippen molar-refractivity contribution in [3.63, 3.8) is 0 Å². The average molecular weight is 432 g/mol. The smallest absolute Gasteiger partial charge is 0.226 e. The Hall–Kier alpha value is -2.44. The Morgan fingerprint density at radius 2 is 1.73 bits per heavy atom. The lowest BCUT2D eigenvalue weighted by molar-refractivity contribution is -0.144. The summed E-state index contributed by atoms with van der Waals surface area (Å²) in [6, 6.07) is 10.3. The Morgan fingerprint density at radius 1 is 1.10 bits per heavy atom. The monoisotopic (exact) mass is 431 g/mol. The van der Waals surface area contributed by atoms with Gasteiger partial charge in [-0.05, 0) is 37.8 Å². The second kappa shape index (κ2) is 8.00. The van der Waals surface area contributed by atoms with E-state index in [-0.39, 0.29) is 23.6 Å². The molecular formula is C21H25N3O5S. The summed E-state index contributed by atoms with van der Waals surface area (Å²) >= 11 is 0. The average Bonchev–Trinajstić information content (AvgIpc) is 3.39. The zero-order chi connectivity index (χ0) is 21.4. The van der Waals surface area contributed by atoms with Crippen molar-refractivity contribution < 1.29 is 22.7 Å². The number of nitriles is 1. The van der Waals surface area contributed by atoms with Gasteiger partial charge in [-0.15, -0.1) is 0 Å². The molecule has 1 aliphatic heterocycles. The summed E-state index contributed by atoms with van der Waals surface area (Å²) in [6.45, 7) is 1.72. The van der Waals surface area contributed by atoms with E-state index in [9.17, 15) is 23.3 Å². The van der Waals surface area contributed by atoms with Gasteiger partial charge in [0, 0.05) is 13.1 Å². The number of sulfone groups is 1. The second-order valence-electron chi connectivity index (χ2n) is 8.29. The number of carbonyl (C=O) groups excluding carboxylic acids is 2. The fourth-order valence-corrected chi connectivity index (χ4v) is 6.19. The SMILES string of the molecule is N#CC1(NC(=O)[C@@H]2C[C@@H](S(=O)(=O)c3ccccc3)C[C@H]2C(=O)N2CCOCC2)CC1. The molecule has 4 rings (SSSR count). The third-order valence-electron chi connectivity index (χ3n) is 6.33. The van der Waals surface area contributed by atoms with Gasteiger partial charge in [0.05, 0.1) is 41.3 Å². The molecule has 0 bridgehead atoms. The molecule has 3 atom stereocenters. The van der Waals surface area contributed by atoms with Gasteiger partial charge in [-0.1, -0.05) is 18.2 Å². The molecule has 0 radical (unpaired) electrons. The van der Waals surface area contributed by atoms with Crippen molar-refractivity contribution in [2.24, 2.45) is 11.8 Å². The van der Waals surface area contributed by atoms with E-state index >= 15 is 0 Å². The van der Waals surface area contributed by atoms with E-state index in [1.807, 2.05) is 0 Å². The van der Waals surface area contributed by atoms with Crippen molar-refractivity contribution in [3.8, 4) is 6.07 Å². The van der Waals surface area contributed by atoms with Crippen molar-refractivity contribution in [3.05, 3.63) is 30.3 Å². The van der Waals surface area contributed by atoms with Crippen LogP contribution < -0.4 is 5.32 Å². The lowest BCUT2D eigenvalue weighted by Crippen LogP contribution is -2.48. The molecule has 2 saturated carbocycles. The summed E-state index contributed by atoms with van der Waals surface area (Å²) in [7, 11) is -3.68. The maximum Gasteiger partial charge on any atom is 0.226 e. The molecule has 30 heavy (non-hydrogen) atoms. The number of amides is 2. The topological polar surface area (TPSA) is 117 Å². The van der Waals surface area contributed by atoms with Crippen LogP contribution in [0.4, 0.5) is 0 Å². The number of benzene rings is 1. The third kappa shape index (κ3) is 3.94. The van der Waals surface area contributed by atoms with Crippen molar-refractivity contribution >= 4 is 21.7 Å². The number of hydrogen-bond donors (Lipinski definition) is 1.